The average molecular weight is 380 g/mol. The quantitative estimate of drug-likeness (QED) is 0.504. The Labute approximate surface area is 162 Å². The van der Waals surface area contributed by atoms with Gasteiger partial charge in [0.25, 0.3) is 0 Å². The van der Waals surface area contributed by atoms with E-state index in [0.29, 0.717) is 11.3 Å². The van der Waals surface area contributed by atoms with Crippen molar-refractivity contribution in [3.05, 3.63) is 59.7 Å². The Morgan fingerprint density at radius 1 is 1.11 bits per heavy atom. The van der Waals surface area contributed by atoms with Crippen molar-refractivity contribution in [1.29, 1.82) is 0 Å². The minimum Gasteiger partial charge on any atom is -0.497 e. The van der Waals surface area contributed by atoms with Crippen molar-refractivity contribution in [1.82, 2.24) is 4.98 Å². The largest absolute Gasteiger partial charge is 0.497 e. The Kier molecular flexibility index (Phi) is 5.76. The Morgan fingerprint density at radius 3 is 2.52 bits per heavy atom. The molecule has 3 aromatic rings. The second-order valence-corrected chi connectivity index (χ2v) is 7.10. The molecule has 1 amide bonds. The van der Waals surface area contributed by atoms with Crippen molar-refractivity contribution in [2.45, 2.75) is 18.9 Å². The number of ketones is 1. The van der Waals surface area contributed by atoms with Gasteiger partial charge in [0, 0.05) is 16.6 Å². The van der Waals surface area contributed by atoms with Crippen LogP contribution in [0.3, 0.4) is 0 Å². The Bertz CT molecular complexity index is 1000. The molecule has 0 aliphatic heterocycles. The van der Waals surface area contributed by atoms with Crippen LogP contribution in [-0.2, 0) is 4.79 Å². The van der Waals surface area contributed by atoms with Gasteiger partial charge in [0.05, 0.1) is 18.4 Å². The summed E-state index contributed by atoms with van der Waals surface area (Å²) in [4.78, 5) is 28.2. The molecule has 0 fully saturated rings. The number of amides is 1. The van der Waals surface area contributed by atoms with Crippen molar-refractivity contribution in [3.8, 4) is 5.75 Å². The zero-order valence-electron chi connectivity index (χ0n) is 15.4. The van der Waals surface area contributed by atoms with Crippen molar-refractivity contribution >= 4 is 40.0 Å². The molecule has 1 N–H and O–H groups in total. The first-order valence-corrected chi connectivity index (χ1v) is 9.44. The van der Waals surface area contributed by atoms with Gasteiger partial charge in [0.2, 0.25) is 5.91 Å². The smallest absolute Gasteiger partial charge is 0.234 e. The molecular formula is C21H20N2O3S. The molecule has 0 saturated carbocycles. The van der Waals surface area contributed by atoms with Gasteiger partial charge in [-0.15, -0.1) is 0 Å². The number of pyridine rings is 1. The van der Waals surface area contributed by atoms with Crippen molar-refractivity contribution in [2.24, 2.45) is 0 Å². The van der Waals surface area contributed by atoms with Gasteiger partial charge in [-0.25, -0.2) is 4.98 Å². The topological polar surface area (TPSA) is 68.3 Å². The van der Waals surface area contributed by atoms with Gasteiger partial charge in [-0.3, -0.25) is 9.59 Å². The van der Waals surface area contributed by atoms with Gasteiger partial charge in [0.1, 0.15) is 10.8 Å². The fourth-order valence-electron chi connectivity index (χ4n) is 2.63. The molecular weight excluding hydrogens is 360 g/mol. The van der Waals surface area contributed by atoms with Crippen LogP contribution in [0.25, 0.3) is 10.9 Å². The summed E-state index contributed by atoms with van der Waals surface area (Å²) in [6.45, 7) is 3.49. The van der Waals surface area contributed by atoms with E-state index in [9.17, 15) is 9.59 Å². The van der Waals surface area contributed by atoms with Gasteiger partial charge in [-0.2, -0.15) is 0 Å². The summed E-state index contributed by atoms with van der Waals surface area (Å²) < 4.78 is 5.24. The fraction of sp³-hybridized carbons (Fsp3) is 0.190. The van der Waals surface area contributed by atoms with Crippen LogP contribution in [0, 0.1) is 6.92 Å². The highest BCUT2D eigenvalue weighted by atomic mass is 32.2. The Balaban J connectivity index is 1.66. The third-order valence-electron chi connectivity index (χ3n) is 4.08. The molecule has 3 rings (SSSR count). The standard InChI is InChI=1S/C21H20N2O3S/c1-13-10-16-11-18(26-3)8-9-19(16)23-21(13)27-12-20(25)22-17-6-4-15(5-7-17)14(2)24/h4-11H,12H2,1-3H3,(H,22,25). The SMILES string of the molecule is COc1ccc2nc(SCC(=O)Nc3ccc(C(C)=O)cc3)c(C)cc2c1. The molecule has 0 aliphatic rings. The molecule has 6 heteroatoms. The number of nitrogens with zero attached hydrogens (tertiary/aromatic N) is 1. The zero-order valence-corrected chi connectivity index (χ0v) is 16.2. The summed E-state index contributed by atoms with van der Waals surface area (Å²) in [5, 5.41) is 4.67. The molecule has 0 bridgehead atoms. The number of rotatable bonds is 6. The van der Waals surface area contributed by atoms with Crippen LogP contribution in [-0.4, -0.2) is 29.5 Å². The molecule has 0 radical (unpaired) electrons. The molecule has 0 saturated heterocycles. The summed E-state index contributed by atoms with van der Waals surface area (Å²) in [7, 11) is 1.64. The number of Topliss-reactive ketones (excluding diaryl/α,β-unsaturated/α-hetero) is 1. The lowest BCUT2D eigenvalue weighted by Crippen LogP contribution is -2.14. The van der Waals surface area contributed by atoms with Crippen LogP contribution >= 0.6 is 11.8 Å². The zero-order chi connectivity index (χ0) is 19.4. The van der Waals surface area contributed by atoms with Crippen LogP contribution in [0.2, 0.25) is 0 Å². The lowest BCUT2D eigenvalue weighted by Gasteiger charge is -2.09. The van der Waals surface area contributed by atoms with Crippen LogP contribution in [0.1, 0.15) is 22.8 Å². The first-order chi connectivity index (χ1) is 13.0. The van der Waals surface area contributed by atoms with E-state index in [2.05, 4.69) is 10.3 Å². The van der Waals surface area contributed by atoms with E-state index < -0.39 is 0 Å². The summed E-state index contributed by atoms with van der Waals surface area (Å²) in [6.07, 6.45) is 0. The minimum atomic E-state index is -0.119. The van der Waals surface area contributed by atoms with Gasteiger partial charge >= 0.3 is 0 Å². The van der Waals surface area contributed by atoms with Crippen LogP contribution < -0.4 is 10.1 Å². The second kappa shape index (κ2) is 8.22. The number of fused-ring (bicyclic) bond motifs is 1. The number of carbonyl (C=O) groups is 2. The fourth-order valence-corrected chi connectivity index (χ4v) is 3.42. The number of thioether (sulfide) groups is 1. The number of benzene rings is 2. The van der Waals surface area contributed by atoms with Crippen molar-refractivity contribution in [2.75, 3.05) is 18.2 Å². The number of nitrogens with one attached hydrogen (secondary N) is 1. The third kappa shape index (κ3) is 4.65. The highest BCUT2D eigenvalue weighted by Crippen LogP contribution is 2.27. The molecule has 2 aromatic carbocycles. The molecule has 138 valence electrons. The van der Waals surface area contributed by atoms with Crippen LogP contribution in [0.5, 0.6) is 5.75 Å². The molecule has 0 atom stereocenters. The number of aryl methyl sites for hydroxylation is 1. The second-order valence-electron chi connectivity index (χ2n) is 6.14. The number of ether oxygens (including phenoxy) is 1. The Hall–Kier alpha value is -2.86. The molecule has 5 nitrogen and oxygen atoms in total. The predicted octanol–water partition coefficient (Wildman–Crippen LogP) is 4.49. The van der Waals surface area contributed by atoms with E-state index in [1.807, 2.05) is 31.2 Å². The lowest BCUT2D eigenvalue weighted by atomic mass is 10.1. The highest BCUT2D eigenvalue weighted by molar-refractivity contribution is 8.00. The minimum absolute atomic E-state index is 0.00101. The molecule has 1 heterocycles. The summed E-state index contributed by atoms with van der Waals surface area (Å²) in [5.74, 6) is 0.925. The lowest BCUT2D eigenvalue weighted by molar-refractivity contribution is -0.113. The number of hydrogen-bond acceptors (Lipinski definition) is 5. The molecule has 1 aromatic heterocycles. The van der Waals surface area contributed by atoms with Gasteiger partial charge in [0.15, 0.2) is 5.78 Å². The first kappa shape index (κ1) is 18.9. The molecule has 0 spiro atoms. The van der Waals surface area contributed by atoms with Gasteiger partial charge in [-0.05, 0) is 67.9 Å². The molecule has 0 unspecified atom stereocenters. The predicted molar refractivity (Wildman–Crippen MR) is 109 cm³/mol. The van der Waals surface area contributed by atoms with E-state index in [1.54, 1.807) is 31.4 Å². The summed E-state index contributed by atoms with van der Waals surface area (Å²) in [6, 6.07) is 14.6. The summed E-state index contributed by atoms with van der Waals surface area (Å²) in [5.41, 5.74) is 3.17. The average Bonchev–Trinajstić information content (AvgIpc) is 2.66. The number of anilines is 1. The van der Waals surface area contributed by atoms with E-state index in [4.69, 9.17) is 4.74 Å². The number of methoxy groups -OCH3 is 1. The molecule has 0 aliphatic carbocycles. The van der Waals surface area contributed by atoms with Crippen molar-refractivity contribution < 1.29 is 14.3 Å². The van der Waals surface area contributed by atoms with E-state index in [0.717, 1.165) is 27.2 Å². The monoisotopic (exact) mass is 380 g/mol. The number of aromatic nitrogens is 1. The number of carbonyl (C=O) groups excluding carboxylic acids is 2. The maximum absolute atomic E-state index is 12.2. The van der Waals surface area contributed by atoms with E-state index >= 15 is 0 Å². The Morgan fingerprint density at radius 2 is 1.85 bits per heavy atom. The summed E-state index contributed by atoms with van der Waals surface area (Å²) >= 11 is 1.40. The maximum atomic E-state index is 12.2. The molecule has 27 heavy (non-hydrogen) atoms. The van der Waals surface area contributed by atoms with E-state index in [-0.39, 0.29) is 17.4 Å². The van der Waals surface area contributed by atoms with E-state index in [1.165, 1.54) is 18.7 Å². The van der Waals surface area contributed by atoms with Crippen molar-refractivity contribution in [3.63, 3.8) is 0 Å². The third-order valence-corrected chi connectivity index (χ3v) is 5.17. The first-order valence-electron chi connectivity index (χ1n) is 8.45. The number of hydrogen-bond donors (Lipinski definition) is 1. The van der Waals surface area contributed by atoms with Crippen LogP contribution in [0.4, 0.5) is 5.69 Å². The van der Waals surface area contributed by atoms with Gasteiger partial charge < -0.3 is 10.1 Å². The highest BCUT2D eigenvalue weighted by Gasteiger charge is 2.09. The maximum Gasteiger partial charge on any atom is 0.234 e. The van der Waals surface area contributed by atoms with Crippen LogP contribution in [0.15, 0.2) is 53.6 Å². The van der Waals surface area contributed by atoms with Gasteiger partial charge in [-0.1, -0.05) is 11.8 Å². The normalized spacial score (nSPS) is 10.6.